The molecular weight excluding hydrogens is 289 g/mol. The molecule has 0 bridgehead atoms. The molecule has 0 saturated heterocycles. The van der Waals surface area contributed by atoms with Gasteiger partial charge in [0.15, 0.2) is 0 Å². The van der Waals surface area contributed by atoms with Crippen LogP contribution < -0.4 is 4.46 Å². The number of nitrogens with zero attached hydrogens (tertiary/aromatic N) is 3. The summed E-state index contributed by atoms with van der Waals surface area (Å²) in [5.41, 5.74) is 9.75. The Balaban J connectivity index is 2.06. The SMILES string of the molecule is [N-]=[N+]=NC(C[Se]c1ccccc1)c1ccccc1. The van der Waals surface area contributed by atoms with Crippen LogP contribution in [0.25, 0.3) is 10.4 Å². The number of benzene rings is 2. The third kappa shape index (κ3) is 3.64. The molecule has 18 heavy (non-hydrogen) atoms. The van der Waals surface area contributed by atoms with Gasteiger partial charge in [-0.05, 0) is 0 Å². The third-order valence-electron chi connectivity index (χ3n) is 2.53. The molecule has 0 N–H and O–H groups in total. The molecule has 2 rings (SSSR count). The van der Waals surface area contributed by atoms with Crippen molar-refractivity contribution in [2.45, 2.75) is 11.4 Å². The number of hydrogen-bond acceptors (Lipinski definition) is 1. The minimum absolute atomic E-state index is 0.0589. The van der Waals surface area contributed by atoms with Crippen LogP contribution in [0, 0.1) is 0 Å². The third-order valence-corrected chi connectivity index (χ3v) is 4.81. The predicted molar refractivity (Wildman–Crippen MR) is 75.0 cm³/mol. The van der Waals surface area contributed by atoms with E-state index >= 15 is 0 Å². The fraction of sp³-hybridized carbons (Fsp3) is 0.143. The average molecular weight is 302 g/mol. The number of rotatable bonds is 5. The molecule has 0 radical (unpaired) electrons. The second kappa shape index (κ2) is 6.87. The summed E-state index contributed by atoms with van der Waals surface area (Å²) in [4.78, 5) is 2.96. The van der Waals surface area contributed by atoms with E-state index in [0.717, 1.165) is 10.9 Å². The number of azide groups is 1. The van der Waals surface area contributed by atoms with Crippen molar-refractivity contribution < 1.29 is 0 Å². The van der Waals surface area contributed by atoms with E-state index in [1.807, 2.05) is 48.5 Å². The summed E-state index contributed by atoms with van der Waals surface area (Å²) in [5.74, 6) is 0. The Morgan fingerprint density at radius 1 is 1.00 bits per heavy atom. The van der Waals surface area contributed by atoms with E-state index in [9.17, 15) is 0 Å². The average Bonchev–Trinajstić information content (AvgIpc) is 2.45. The van der Waals surface area contributed by atoms with Crippen molar-refractivity contribution in [1.82, 2.24) is 0 Å². The molecule has 1 unspecified atom stereocenters. The summed E-state index contributed by atoms with van der Waals surface area (Å²) >= 11 is 0.329. The van der Waals surface area contributed by atoms with Gasteiger partial charge in [-0.15, -0.1) is 0 Å². The summed E-state index contributed by atoms with van der Waals surface area (Å²) in [6, 6.07) is 20.2. The molecule has 0 aliphatic rings. The monoisotopic (exact) mass is 303 g/mol. The van der Waals surface area contributed by atoms with Gasteiger partial charge in [0, 0.05) is 0 Å². The van der Waals surface area contributed by atoms with E-state index in [1.165, 1.54) is 4.46 Å². The van der Waals surface area contributed by atoms with E-state index in [-0.39, 0.29) is 6.04 Å². The van der Waals surface area contributed by atoms with Gasteiger partial charge in [0.05, 0.1) is 0 Å². The molecule has 3 nitrogen and oxygen atoms in total. The van der Waals surface area contributed by atoms with Crippen molar-refractivity contribution in [2.75, 3.05) is 0 Å². The molecule has 2 aromatic rings. The number of hydrogen-bond donors (Lipinski definition) is 0. The molecule has 4 heteroatoms. The van der Waals surface area contributed by atoms with Gasteiger partial charge in [0.25, 0.3) is 0 Å². The van der Waals surface area contributed by atoms with Gasteiger partial charge in [-0.1, -0.05) is 0 Å². The standard InChI is InChI=1S/C14H13N3Se/c15-17-16-14(12-7-3-1-4-8-12)11-18-13-9-5-2-6-10-13/h1-10,14H,11H2. The molecule has 0 aliphatic heterocycles. The van der Waals surface area contributed by atoms with Gasteiger partial charge in [0.1, 0.15) is 0 Å². The maximum atomic E-state index is 8.66. The van der Waals surface area contributed by atoms with Gasteiger partial charge >= 0.3 is 113 Å². The zero-order chi connectivity index (χ0) is 12.6. The summed E-state index contributed by atoms with van der Waals surface area (Å²) in [7, 11) is 0. The fourth-order valence-corrected chi connectivity index (χ4v) is 3.64. The Hall–Kier alpha value is -1.73. The minimum atomic E-state index is -0.0589. The molecule has 90 valence electrons. The van der Waals surface area contributed by atoms with Crippen LogP contribution in [0.1, 0.15) is 11.6 Å². The van der Waals surface area contributed by atoms with Gasteiger partial charge < -0.3 is 0 Å². The summed E-state index contributed by atoms with van der Waals surface area (Å²) < 4.78 is 1.33. The predicted octanol–water partition coefficient (Wildman–Crippen LogP) is 3.49. The summed E-state index contributed by atoms with van der Waals surface area (Å²) in [5, 5.41) is 4.80. The van der Waals surface area contributed by atoms with Crippen molar-refractivity contribution in [3.63, 3.8) is 0 Å². The molecule has 0 spiro atoms. The second-order valence-electron chi connectivity index (χ2n) is 3.76. The normalized spacial score (nSPS) is 11.6. The van der Waals surface area contributed by atoms with Crippen LogP contribution in [-0.4, -0.2) is 15.0 Å². The Kier molecular flexibility index (Phi) is 4.86. The van der Waals surface area contributed by atoms with E-state index in [2.05, 4.69) is 22.2 Å². The van der Waals surface area contributed by atoms with Crippen LogP contribution in [0.3, 0.4) is 0 Å². The zero-order valence-corrected chi connectivity index (χ0v) is 11.5. The van der Waals surface area contributed by atoms with E-state index < -0.39 is 0 Å². The molecule has 0 fully saturated rings. The molecule has 0 amide bonds. The summed E-state index contributed by atoms with van der Waals surface area (Å²) in [6.45, 7) is 0. The maximum absolute atomic E-state index is 8.66. The summed E-state index contributed by atoms with van der Waals surface area (Å²) in [6.07, 6.45) is 0. The topological polar surface area (TPSA) is 48.8 Å². The molecule has 0 aromatic heterocycles. The van der Waals surface area contributed by atoms with Crippen molar-refractivity contribution in [3.05, 3.63) is 76.7 Å². The molecule has 0 heterocycles. The Morgan fingerprint density at radius 2 is 1.61 bits per heavy atom. The molecule has 2 aromatic carbocycles. The van der Waals surface area contributed by atoms with Gasteiger partial charge in [-0.25, -0.2) is 0 Å². The van der Waals surface area contributed by atoms with Gasteiger partial charge in [-0.3, -0.25) is 0 Å². The van der Waals surface area contributed by atoms with Crippen LogP contribution >= 0.6 is 0 Å². The first-order valence-corrected chi connectivity index (χ1v) is 7.74. The zero-order valence-electron chi connectivity index (χ0n) is 9.81. The quantitative estimate of drug-likeness (QED) is 0.351. The first-order chi connectivity index (χ1) is 8.90. The second-order valence-corrected chi connectivity index (χ2v) is 6.05. The van der Waals surface area contributed by atoms with Crippen molar-refractivity contribution in [1.29, 1.82) is 0 Å². The fourth-order valence-electron chi connectivity index (χ4n) is 1.63. The van der Waals surface area contributed by atoms with E-state index in [0.29, 0.717) is 15.0 Å². The van der Waals surface area contributed by atoms with Crippen LogP contribution in [0.4, 0.5) is 0 Å². The van der Waals surface area contributed by atoms with Crippen molar-refractivity contribution in [3.8, 4) is 0 Å². The Morgan fingerprint density at radius 3 is 2.22 bits per heavy atom. The van der Waals surface area contributed by atoms with Crippen molar-refractivity contribution >= 4 is 19.4 Å². The van der Waals surface area contributed by atoms with Gasteiger partial charge in [0.2, 0.25) is 0 Å². The Labute approximate surface area is 113 Å². The van der Waals surface area contributed by atoms with Crippen LogP contribution in [0.15, 0.2) is 65.8 Å². The van der Waals surface area contributed by atoms with Crippen LogP contribution in [0.5, 0.6) is 0 Å². The van der Waals surface area contributed by atoms with Crippen LogP contribution in [0.2, 0.25) is 5.32 Å². The molecule has 1 atom stereocenters. The van der Waals surface area contributed by atoms with E-state index in [1.54, 1.807) is 0 Å². The first kappa shape index (κ1) is 12.7. The van der Waals surface area contributed by atoms with Crippen molar-refractivity contribution in [2.24, 2.45) is 5.11 Å². The molecule has 0 saturated carbocycles. The van der Waals surface area contributed by atoms with Gasteiger partial charge in [-0.2, -0.15) is 0 Å². The van der Waals surface area contributed by atoms with E-state index in [4.69, 9.17) is 5.53 Å². The molecular formula is C14H13N3Se. The van der Waals surface area contributed by atoms with Crippen LogP contribution in [-0.2, 0) is 0 Å². The first-order valence-electron chi connectivity index (χ1n) is 5.67. The molecule has 0 aliphatic carbocycles. The Bertz CT molecular complexity index is 521.